The van der Waals surface area contributed by atoms with Crippen LogP contribution < -0.4 is 10.5 Å². The summed E-state index contributed by atoms with van der Waals surface area (Å²) in [5.74, 6) is 0. The van der Waals surface area contributed by atoms with Crippen LogP contribution >= 0.6 is 0 Å². The van der Waals surface area contributed by atoms with Crippen LogP contribution in [0.3, 0.4) is 0 Å². The summed E-state index contributed by atoms with van der Waals surface area (Å²) < 4.78 is 27.2. The zero-order valence-corrected chi connectivity index (χ0v) is 13.6. The minimum absolute atomic E-state index is 0.0927. The highest BCUT2D eigenvalue weighted by molar-refractivity contribution is 7.89. The maximum Gasteiger partial charge on any atom is 0.240 e. The molecule has 2 atom stereocenters. The Morgan fingerprint density at radius 1 is 1.19 bits per heavy atom. The van der Waals surface area contributed by atoms with Gasteiger partial charge in [-0.15, -0.1) is 0 Å². The fourth-order valence-corrected chi connectivity index (χ4v) is 3.70. The molecule has 6 heteroatoms. The summed E-state index contributed by atoms with van der Waals surface area (Å²) in [6, 6.07) is 6.89. The van der Waals surface area contributed by atoms with E-state index in [2.05, 4.69) is 16.5 Å². The zero-order chi connectivity index (χ0) is 15.5. The summed E-state index contributed by atoms with van der Waals surface area (Å²) in [6.45, 7) is 6.50. The largest absolute Gasteiger partial charge is 0.324 e. The van der Waals surface area contributed by atoms with Crippen LogP contribution in [0.4, 0.5) is 0 Å². The lowest BCUT2D eigenvalue weighted by Crippen LogP contribution is -2.40. The van der Waals surface area contributed by atoms with Crippen LogP contribution in [0.2, 0.25) is 0 Å². The molecule has 3 N–H and O–H groups in total. The summed E-state index contributed by atoms with van der Waals surface area (Å²) in [5, 5.41) is 0. The van der Waals surface area contributed by atoms with E-state index >= 15 is 0 Å². The van der Waals surface area contributed by atoms with Gasteiger partial charge in [-0.2, -0.15) is 0 Å². The van der Waals surface area contributed by atoms with Crippen molar-refractivity contribution in [1.29, 1.82) is 0 Å². The molecule has 0 radical (unpaired) electrons. The highest BCUT2D eigenvalue weighted by atomic mass is 32.2. The van der Waals surface area contributed by atoms with E-state index in [1.54, 1.807) is 24.3 Å². The summed E-state index contributed by atoms with van der Waals surface area (Å²) in [4.78, 5) is 2.61. The Morgan fingerprint density at radius 3 is 2.29 bits per heavy atom. The number of nitrogens with zero attached hydrogens (tertiary/aromatic N) is 1. The number of likely N-dealkylation sites (tertiary alicyclic amines) is 1. The Labute approximate surface area is 127 Å². The molecule has 1 aromatic rings. The monoisotopic (exact) mass is 311 g/mol. The SMILES string of the molecule is CC(N)c1ccc(S(=O)(=O)NCC(C)N2CCCC2)cc1. The molecule has 1 saturated heterocycles. The van der Waals surface area contributed by atoms with Gasteiger partial charge in [-0.05, 0) is 57.5 Å². The molecule has 1 aliphatic heterocycles. The molecule has 118 valence electrons. The Morgan fingerprint density at radius 2 is 1.76 bits per heavy atom. The first-order valence-corrected chi connectivity index (χ1v) is 8.98. The predicted molar refractivity (Wildman–Crippen MR) is 84.5 cm³/mol. The van der Waals surface area contributed by atoms with Crippen molar-refractivity contribution in [1.82, 2.24) is 9.62 Å². The normalized spacial score (nSPS) is 19.6. The fraction of sp³-hybridized carbons (Fsp3) is 0.600. The van der Waals surface area contributed by atoms with Gasteiger partial charge in [0.15, 0.2) is 0 Å². The second kappa shape index (κ2) is 6.87. The molecule has 0 bridgehead atoms. The van der Waals surface area contributed by atoms with Gasteiger partial charge in [0.2, 0.25) is 10.0 Å². The molecule has 2 rings (SSSR count). The Hall–Kier alpha value is -0.950. The third-order valence-electron chi connectivity index (χ3n) is 4.05. The molecule has 1 heterocycles. The molecule has 1 aliphatic rings. The van der Waals surface area contributed by atoms with Gasteiger partial charge in [-0.3, -0.25) is 4.90 Å². The van der Waals surface area contributed by atoms with Crippen LogP contribution in [0.25, 0.3) is 0 Å². The van der Waals surface area contributed by atoms with Gasteiger partial charge in [-0.25, -0.2) is 13.1 Å². The lowest BCUT2D eigenvalue weighted by molar-refractivity contribution is 0.260. The standard InChI is InChI=1S/C15H25N3O2S/c1-12(18-9-3-4-10-18)11-17-21(19,20)15-7-5-14(6-8-15)13(2)16/h5-8,12-13,17H,3-4,9-11,16H2,1-2H3. The molecular weight excluding hydrogens is 286 g/mol. The lowest BCUT2D eigenvalue weighted by Gasteiger charge is -2.23. The molecule has 0 saturated carbocycles. The molecule has 21 heavy (non-hydrogen) atoms. The topological polar surface area (TPSA) is 75.4 Å². The van der Waals surface area contributed by atoms with Crippen LogP contribution in [-0.4, -0.2) is 39.0 Å². The number of nitrogens with two attached hydrogens (primary N) is 1. The quantitative estimate of drug-likeness (QED) is 0.834. The highest BCUT2D eigenvalue weighted by Gasteiger charge is 2.21. The van der Waals surface area contributed by atoms with Crippen molar-refractivity contribution in [3.05, 3.63) is 29.8 Å². The minimum atomic E-state index is -3.44. The minimum Gasteiger partial charge on any atom is -0.324 e. The number of sulfonamides is 1. The number of rotatable bonds is 6. The Kier molecular flexibility index (Phi) is 5.37. The van der Waals surface area contributed by atoms with E-state index in [-0.39, 0.29) is 12.1 Å². The third-order valence-corrected chi connectivity index (χ3v) is 5.49. The van der Waals surface area contributed by atoms with Crippen molar-refractivity contribution in [2.24, 2.45) is 5.73 Å². The molecule has 0 aliphatic carbocycles. The van der Waals surface area contributed by atoms with Gasteiger partial charge in [0.1, 0.15) is 0 Å². The zero-order valence-electron chi connectivity index (χ0n) is 12.7. The molecular formula is C15H25N3O2S. The summed E-state index contributed by atoms with van der Waals surface area (Å²) >= 11 is 0. The molecule has 1 fully saturated rings. The second-order valence-electron chi connectivity index (χ2n) is 5.80. The number of hydrogen-bond acceptors (Lipinski definition) is 4. The fourth-order valence-electron chi connectivity index (χ4n) is 2.58. The van der Waals surface area contributed by atoms with Crippen molar-refractivity contribution in [3.63, 3.8) is 0 Å². The first-order chi connectivity index (χ1) is 9.90. The Bertz CT molecular complexity index is 549. The van der Waals surface area contributed by atoms with E-state index in [4.69, 9.17) is 5.73 Å². The van der Waals surface area contributed by atoms with E-state index in [9.17, 15) is 8.42 Å². The predicted octanol–water partition coefficient (Wildman–Crippen LogP) is 1.47. The van der Waals surface area contributed by atoms with Gasteiger partial charge < -0.3 is 5.73 Å². The van der Waals surface area contributed by atoms with E-state index in [0.29, 0.717) is 11.4 Å². The first kappa shape index (κ1) is 16.4. The van der Waals surface area contributed by atoms with Crippen molar-refractivity contribution >= 4 is 10.0 Å². The van der Waals surface area contributed by atoms with E-state index in [1.807, 2.05) is 6.92 Å². The number of hydrogen-bond donors (Lipinski definition) is 2. The van der Waals surface area contributed by atoms with Crippen LogP contribution in [-0.2, 0) is 10.0 Å². The van der Waals surface area contributed by atoms with Gasteiger partial charge in [0, 0.05) is 18.6 Å². The first-order valence-electron chi connectivity index (χ1n) is 7.49. The molecule has 0 spiro atoms. The number of nitrogens with one attached hydrogen (secondary N) is 1. The van der Waals surface area contributed by atoms with Crippen molar-refractivity contribution in [3.8, 4) is 0 Å². The van der Waals surface area contributed by atoms with E-state index in [0.717, 1.165) is 18.7 Å². The van der Waals surface area contributed by atoms with Crippen molar-refractivity contribution in [2.45, 2.75) is 43.7 Å². The van der Waals surface area contributed by atoms with Crippen molar-refractivity contribution < 1.29 is 8.42 Å². The summed E-state index contributed by atoms with van der Waals surface area (Å²) in [6.07, 6.45) is 2.41. The maximum absolute atomic E-state index is 12.3. The molecule has 0 amide bonds. The van der Waals surface area contributed by atoms with Gasteiger partial charge in [-0.1, -0.05) is 12.1 Å². The maximum atomic E-state index is 12.3. The van der Waals surface area contributed by atoms with E-state index in [1.165, 1.54) is 12.8 Å². The van der Waals surface area contributed by atoms with Crippen LogP contribution in [0.15, 0.2) is 29.2 Å². The number of benzene rings is 1. The Balaban J connectivity index is 1.97. The van der Waals surface area contributed by atoms with Crippen LogP contribution in [0.1, 0.15) is 38.3 Å². The molecule has 2 unspecified atom stereocenters. The van der Waals surface area contributed by atoms with Gasteiger partial charge >= 0.3 is 0 Å². The smallest absolute Gasteiger partial charge is 0.240 e. The lowest BCUT2D eigenvalue weighted by atomic mass is 10.1. The van der Waals surface area contributed by atoms with Gasteiger partial charge in [0.25, 0.3) is 0 Å². The van der Waals surface area contributed by atoms with Gasteiger partial charge in [0.05, 0.1) is 4.90 Å². The highest BCUT2D eigenvalue weighted by Crippen LogP contribution is 2.15. The van der Waals surface area contributed by atoms with E-state index < -0.39 is 10.0 Å². The third kappa shape index (κ3) is 4.26. The average molecular weight is 311 g/mol. The summed E-state index contributed by atoms with van der Waals surface area (Å²) in [7, 11) is -3.44. The second-order valence-corrected chi connectivity index (χ2v) is 7.57. The van der Waals surface area contributed by atoms with Crippen LogP contribution in [0.5, 0.6) is 0 Å². The molecule has 1 aromatic carbocycles. The molecule has 0 aromatic heterocycles. The van der Waals surface area contributed by atoms with Crippen molar-refractivity contribution in [2.75, 3.05) is 19.6 Å². The average Bonchev–Trinajstić information content (AvgIpc) is 2.99. The van der Waals surface area contributed by atoms with Crippen LogP contribution in [0, 0.1) is 0 Å². The molecule has 5 nitrogen and oxygen atoms in total. The summed E-state index contributed by atoms with van der Waals surface area (Å²) in [5.41, 5.74) is 6.70.